The fourth-order valence-electron chi connectivity index (χ4n) is 4.44. The Hall–Kier alpha value is -1.83. The van der Waals surface area contributed by atoms with Crippen molar-refractivity contribution in [2.75, 3.05) is 31.1 Å². The molecule has 7 nitrogen and oxygen atoms in total. The summed E-state index contributed by atoms with van der Waals surface area (Å²) < 4.78 is 5.50. The number of carboxylic acid groups (broad SMARTS) is 1. The van der Waals surface area contributed by atoms with E-state index in [0.29, 0.717) is 22.4 Å². The van der Waals surface area contributed by atoms with Crippen LogP contribution in [-0.4, -0.2) is 58.8 Å². The number of hydrogen-bond acceptors (Lipinski definition) is 6. The highest BCUT2D eigenvalue weighted by atomic mass is 32.1. The smallest absolute Gasteiger partial charge is 0.410 e. The van der Waals surface area contributed by atoms with E-state index in [0.717, 1.165) is 57.0 Å². The van der Waals surface area contributed by atoms with E-state index in [9.17, 15) is 14.7 Å². The highest BCUT2D eigenvalue weighted by molar-refractivity contribution is 7.17. The largest absolute Gasteiger partial charge is 0.477 e. The molecule has 8 heteroatoms. The second-order valence-corrected chi connectivity index (χ2v) is 10.8. The number of piperidine rings is 2. The van der Waals surface area contributed by atoms with Crippen molar-refractivity contribution in [3.8, 4) is 0 Å². The number of ether oxygens (including phenoxy) is 1. The van der Waals surface area contributed by atoms with Crippen LogP contribution in [0, 0.1) is 11.8 Å². The van der Waals surface area contributed by atoms with E-state index >= 15 is 0 Å². The van der Waals surface area contributed by atoms with Gasteiger partial charge in [-0.1, -0.05) is 25.2 Å². The number of carboxylic acids is 1. The van der Waals surface area contributed by atoms with Crippen molar-refractivity contribution in [3.63, 3.8) is 0 Å². The molecule has 3 heterocycles. The third kappa shape index (κ3) is 5.45. The summed E-state index contributed by atoms with van der Waals surface area (Å²) in [6, 6.07) is 0. The van der Waals surface area contributed by atoms with Gasteiger partial charge in [0.05, 0.1) is 5.69 Å². The Morgan fingerprint density at radius 3 is 2.03 bits per heavy atom. The van der Waals surface area contributed by atoms with Crippen molar-refractivity contribution in [1.29, 1.82) is 0 Å². The van der Waals surface area contributed by atoms with Gasteiger partial charge in [-0.15, -0.1) is 0 Å². The van der Waals surface area contributed by atoms with Gasteiger partial charge in [0.15, 0.2) is 5.13 Å². The lowest BCUT2D eigenvalue weighted by Crippen LogP contribution is -2.44. The minimum absolute atomic E-state index is 0.105. The number of carbonyl (C=O) groups excluding carboxylic acids is 1. The number of amides is 1. The Labute approximate surface area is 183 Å². The molecule has 1 aromatic heterocycles. The van der Waals surface area contributed by atoms with Crippen LogP contribution in [0.5, 0.6) is 0 Å². The summed E-state index contributed by atoms with van der Waals surface area (Å²) in [7, 11) is 0. The molecule has 0 bridgehead atoms. The lowest BCUT2D eigenvalue weighted by atomic mass is 9.79. The van der Waals surface area contributed by atoms with E-state index in [2.05, 4.69) is 9.88 Å². The van der Waals surface area contributed by atoms with Gasteiger partial charge in [0.1, 0.15) is 10.5 Å². The van der Waals surface area contributed by atoms with Gasteiger partial charge in [-0.25, -0.2) is 14.6 Å². The van der Waals surface area contributed by atoms with Gasteiger partial charge in [-0.05, 0) is 64.2 Å². The van der Waals surface area contributed by atoms with Gasteiger partial charge in [-0.2, -0.15) is 0 Å². The van der Waals surface area contributed by atoms with Crippen LogP contribution < -0.4 is 4.90 Å². The quantitative estimate of drug-likeness (QED) is 0.726. The van der Waals surface area contributed by atoms with E-state index in [1.807, 2.05) is 39.5 Å². The molecule has 1 amide bonds. The molecular weight excluding hydrogens is 402 g/mol. The highest BCUT2D eigenvalue weighted by Gasteiger charge is 2.33. The number of nitrogens with zero attached hydrogens (tertiary/aromatic N) is 3. The van der Waals surface area contributed by atoms with E-state index in [1.54, 1.807) is 0 Å². The third-order valence-electron chi connectivity index (χ3n) is 6.05. The second kappa shape index (κ2) is 9.12. The maximum Gasteiger partial charge on any atom is 0.410 e. The molecule has 0 spiro atoms. The first-order chi connectivity index (χ1) is 14.0. The summed E-state index contributed by atoms with van der Waals surface area (Å²) >= 11 is 1.30. The summed E-state index contributed by atoms with van der Waals surface area (Å²) in [6.07, 6.45) is 4.05. The number of carbonyl (C=O) groups is 2. The van der Waals surface area contributed by atoms with Crippen LogP contribution in [-0.2, 0) is 4.74 Å². The van der Waals surface area contributed by atoms with E-state index in [-0.39, 0.29) is 12.0 Å². The Balaban J connectivity index is 1.51. The number of aromatic nitrogens is 1. The maximum absolute atomic E-state index is 12.3. The molecule has 0 aliphatic carbocycles. The number of hydrogen-bond donors (Lipinski definition) is 1. The molecule has 0 radical (unpaired) electrons. The first kappa shape index (κ1) is 22.8. The molecule has 0 unspecified atom stereocenters. The van der Waals surface area contributed by atoms with Crippen LogP contribution in [0.1, 0.15) is 81.6 Å². The fourth-order valence-corrected chi connectivity index (χ4v) is 5.55. The van der Waals surface area contributed by atoms with Gasteiger partial charge in [0.2, 0.25) is 0 Å². The fraction of sp³-hybridized carbons (Fsp3) is 0.773. The summed E-state index contributed by atoms with van der Waals surface area (Å²) in [5.74, 6) is 0.524. The standard InChI is InChI=1S/C22H35N3O4S/c1-14(2)17-18(19(26)27)30-20(23-17)24-10-6-15(7-11-24)16-8-12-25(13-9-16)21(28)29-22(3,4)5/h14-16H,6-13H2,1-5H3,(H,26,27). The predicted octanol–water partition coefficient (Wildman–Crippen LogP) is 4.83. The Morgan fingerprint density at radius 1 is 1.07 bits per heavy atom. The first-order valence-electron chi connectivity index (χ1n) is 11.0. The SMILES string of the molecule is CC(C)c1nc(N2CCC(C3CCN(C(=O)OC(C)(C)C)CC3)CC2)sc1C(=O)O. The Morgan fingerprint density at radius 2 is 1.60 bits per heavy atom. The zero-order valence-corrected chi connectivity index (χ0v) is 19.6. The minimum atomic E-state index is -0.880. The lowest BCUT2D eigenvalue weighted by molar-refractivity contribution is 0.0152. The van der Waals surface area contributed by atoms with Gasteiger partial charge >= 0.3 is 12.1 Å². The lowest BCUT2D eigenvalue weighted by Gasteiger charge is -2.40. The predicted molar refractivity (Wildman–Crippen MR) is 119 cm³/mol. The van der Waals surface area contributed by atoms with Crippen molar-refractivity contribution >= 4 is 28.5 Å². The summed E-state index contributed by atoms with van der Waals surface area (Å²) in [5.41, 5.74) is 0.242. The number of thiazole rings is 1. The molecule has 3 rings (SSSR count). The summed E-state index contributed by atoms with van der Waals surface area (Å²) in [4.78, 5) is 32.9. The average molecular weight is 438 g/mol. The number of rotatable bonds is 4. The molecule has 168 valence electrons. The average Bonchev–Trinajstić information content (AvgIpc) is 3.13. The molecule has 0 atom stereocenters. The van der Waals surface area contributed by atoms with Crippen molar-refractivity contribution in [3.05, 3.63) is 10.6 Å². The van der Waals surface area contributed by atoms with Gasteiger partial charge in [-0.3, -0.25) is 0 Å². The molecule has 2 aliphatic heterocycles. The number of aromatic carboxylic acids is 1. The molecule has 2 fully saturated rings. The van der Waals surface area contributed by atoms with E-state index in [1.165, 1.54) is 11.3 Å². The normalized spacial score (nSPS) is 19.4. The molecule has 1 aromatic rings. The van der Waals surface area contributed by atoms with E-state index in [4.69, 9.17) is 4.74 Å². The van der Waals surface area contributed by atoms with E-state index < -0.39 is 11.6 Å². The third-order valence-corrected chi connectivity index (χ3v) is 7.17. The first-order valence-corrected chi connectivity index (χ1v) is 11.8. The maximum atomic E-state index is 12.3. The zero-order valence-electron chi connectivity index (χ0n) is 18.8. The molecular formula is C22H35N3O4S. The monoisotopic (exact) mass is 437 g/mol. The highest BCUT2D eigenvalue weighted by Crippen LogP contribution is 2.37. The van der Waals surface area contributed by atoms with Crippen molar-refractivity contribution in [2.45, 2.75) is 71.8 Å². The van der Waals surface area contributed by atoms with Gasteiger partial charge in [0, 0.05) is 26.2 Å². The van der Waals surface area contributed by atoms with Crippen LogP contribution in [0.2, 0.25) is 0 Å². The van der Waals surface area contributed by atoms with Crippen LogP contribution in [0.25, 0.3) is 0 Å². The van der Waals surface area contributed by atoms with Crippen LogP contribution in [0.3, 0.4) is 0 Å². The molecule has 2 aliphatic rings. The van der Waals surface area contributed by atoms with Crippen LogP contribution in [0.4, 0.5) is 9.93 Å². The summed E-state index contributed by atoms with van der Waals surface area (Å²) in [5, 5.41) is 10.3. The molecule has 1 N–H and O–H groups in total. The van der Waals surface area contributed by atoms with Crippen LogP contribution >= 0.6 is 11.3 Å². The topological polar surface area (TPSA) is 83.0 Å². The van der Waals surface area contributed by atoms with Crippen molar-refractivity contribution in [2.24, 2.45) is 11.8 Å². The molecule has 0 saturated carbocycles. The Bertz CT molecular complexity index is 755. The number of anilines is 1. The van der Waals surface area contributed by atoms with Gasteiger partial charge < -0.3 is 19.6 Å². The Kier molecular flexibility index (Phi) is 6.95. The van der Waals surface area contributed by atoms with Crippen molar-refractivity contribution in [1.82, 2.24) is 9.88 Å². The summed E-state index contributed by atoms with van der Waals surface area (Å²) in [6.45, 7) is 13.1. The number of likely N-dealkylation sites (tertiary alicyclic amines) is 1. The molecule has 2 saturated heterocycles. The minimum Gasteiger partial charge on any atom is -0.477 e. The van der Waals surface area contributed by atoms with Crippen LogP contribution in [0.15, 0.2) is 0 Å². The zero-order chi connectivity index (χ0) is 22.1. The second-order valence-electron chi connectivity index (χ2n) is 9.80. The van der Waals surface area contributed by atoms with Gasteiger partial charge in [0.25, 0.3) is 0 Å². The molecule has 30 heavy (non-hydrogen) atoms. The van der Waals surface area contributed by atoms with Crippen molar-refractivity contribution < 1.29 is 19.4 Å². The molecule has 0 aromatic carbocycles.